The van der Waals surface area contributed by atoms with Gasteiger partial charge in [0, 0.05) is 30.3 Å². The highest BCUT2D eigenvalue weighted by atomic mass is 32.2. The largest absolute Gasteiger partial charge is 0.381 e. The van der Waals surface area contributed by atoms with E-state index >= 15 is 0 Å². The van der Waals surface area contributed by atoms with E-state index in [1.807, 2.05) is 0 Å². The highest BCUT2D eigenvalue weighted by Gasteiger charge is 2.16. The van der Waals surface area contributed by atoms with E-state index in [4.69, 9.17) is 10.5 Å². The van der Waals surface area contributed by atoms with Crippen molar-refractivity contribution in [3.8, 4) is 0 Å². The fourth-order valence-electron chi connectivity index (χ4n) is 1.92. The van der Waals surface area contributed by atoms with Crippen molar-refractivity contribution in [3.63, 3.8) is 0 Å². The maximum Gasteiger partial charge on any atom is 0.159 e. The average molecular weight is 273 g/mol. The molecule has 1 aliphatic rings. The lowest BCUT2D eigenvalue weighted by molar-refractivity contribution is 0.1000. The van der Waals surface area contributed by atoms with Crippen LogP contribution in [0.5, 0.6) is 0 Å². The van der Waals surface area contributed by atoms with Crippen LogP contribution in [0.15, 0.2) is 18.2 Å². The van der Waals surface area contributed by atoms with Crippen molar-refractivity contribution in [2.45, 2.75) is 24.1 Å². The lowest BCUT2D eigenvalue weighted by Gasteiger charge is -2.23. The van der Waals surface area contributed by atoms with Gasteiger partial charge in [-0.25, -0.2) is 8.78 Å². The summed E-state index contributed by atoms with van der Waals surface area (Å²) >= 11 is 1.79. The normalized spacial score (nSPS) is 18.8. The maximum absolute atomic E-state index is 13.1. The molecular weight excluding hydrogens is 256 g/mol. The first-order chi connectivity index (χ1) is 8.66. The zero-order valence-electron chi connectivity index (χ0n) is 10.1. The fraction of sp³-hybridized carbons (Fsp3) is 0.538. The molecule has 0 spiro atoms. The second kappa shape index (κ2) is 6.50. The lowest BCUT2D eigenvalue weighted by atomic mass is 10.1. The van der Waals surface area contributed by atoms with Gasteiger partial charge in [-0.3, -0.25) is 0 Å². The second-order valence-corrected chi connectivity index (χ2v) is 5.76. The molecule has 0 amide bonds. The summed E-state index contributed by atoms with van der Waals surface area (Å²) in [7, 11) is 0. The average Bonchev–Trinajstić information content (AvgIpc) is 2.40. The summed E-state index contributed by atoms with van der Waals surface area (Å²) in [5, 5.41) is 0.565. The van der Waals surface area contributed by atoms with Gasteiger partial charge in [-0.1, -0.05) is 6.07 Å². The number of benzene rings is 1. The fourth-order valence-corrected chi connectivity index (χ4v) is 3.12. The Balaban J connectivity index is 1.86. The number of nitrogens with two attached hydrogens (primary N) is 1. The van der Waals surface area contributed by atoms with E-state index in [2.05, 4.69) is 0 Å². The number of hydrogen-bond acceptors (Lipinski definition) is 3. The highest BCUT2D eigenvalue weighted by molar-refractivity contribution is 7.99. The molecule has 2 nitrogen and oxygen atoms in total. The monoisotopic (exact) mass is 273 g/mol. The predicted molar refractivity (Wildman–Crippen MR) is 69.6 cm³/mol. The van der Waals surface area contributed by atoms with E-state index in [9.17, 15) is 8.78 Å². The van der Waals surface area contributed by atoms with Gasteiger partial charge in [0.15, 0.2) is 11.6 Å². The molecule has 1 fully saturated rings. The summed E-state index contributed by atoms with van der Waals surface area (Å²) in [6, 6.07) is 3.61. The highest BCUT2D eigenvalue weighted by Crippen LogP contribution is 2.26. The molecule has 18 heavy (non-hydrogen) atoms. The van der Waals surface area contributed by atoms with Crippen LogP contribution in [0, 0.1) is 11.6 Å². The van der Waals surface area contributed by atoms with E-state index in [1.54, 1.807) is 17.8 Å². The van der Waals surface area contributed by atoms with E-state index in [0.29, 0.717) is 10.8 Å². The van der Waals surface area contributed by atoms with Gasteiger partial charge in [-0.2, -0.15) is 11.8 Å². The summed E-state index contributed by atoms with van der Waals surface area (Å²) in [6.07, 6.45) is 2.07. The Morgan fingerprint density at radius 2 is 2.00 bits per heavy atom. The molecule has 1 aromatic rings. The van der Waals surface area contributed by atoms with E-state index < -0.39 is 11.6 Å². The van der Waals surface area contributed by atoms with Crippen LogP contribution < -0.4 is 5.73 Å². The van der Waals surface area contributed by atoms with Gasteiger partial charge < -0.3 is 10.5 Å². The van der Waals surface area contributed by atoms with Crippen LogP contribution in [0.25, 0.3) is 0 Å². The minimum absolute atomic E-state index is 0.257. The van der Waals surface area contributed by atoms with Crippen LogP contribution in [-0.2, 0) is 4.74 Å². The molecule has 0 radical (unpaired) electrons. The van der Waals surface area contributed by atoms with Gasteiger partial charge >= 0.3 is 0 Å². The van der Waals surface area contributed by atoms with Crippen LogP contribution in [0.2, 0.25) is 0 Å². The summed E-state index contributed by atoms with van der Waals surface area (Å²) in [5.74, 6) is -0.947. The van der Waals surface area contributed by atoms with Crippen molar-refractivity contribution in [2.75, 3.05) is 19.0 Å². The molecule has 1 saturated heterocycles. The molecule has 100 valence electrons. The Morgan fingerprint density at radius 3 is 2.67 bits per heavy atom. The van der Waals surface area contributed by atoms with Gasteiger partial charge in [0.1, 0.15) is 0 Å². The Kier molecular flexibility index (Phi) is 4.97. The maximum atomic E-state index is 13.1. The quantitative estimate of drug-likeness (QED) is 0.916. The van der Waals surface area contributed by atoms with Crippen LogP contribution >= 0.6 is 11.8 Å². The van der Waals surface area contributed by atoms with Crippen LogP contribution in [0.4, 0.5) is 8.78 Å². The van der Waals surface area contributed by atoms with Crippen LogP contribution in [-0.4, -0.2) is 24.2 Å². The first kappa shape index (κ1) is 13.8. The van der Waals surface area contributed by atoms with E-state index in [-0.39, 0.29) is 6.04 Å². The summed E-state index contributed by atoms with van der Waals surface area (Å²) in [6.45, 7) is 1.61. The molecule has 1 aliphatic heterocycles. The van der Waals surface area contributed by atoms with Crippen LogP contribution in [0.3, 0.4) is 0 Å². The number of halogens is 2. The van der Waals surface area contributed by atoms with Crippen molar-refractivity contribution in [1.29, 1.82) is 0 Å². The van der Waals surface area contributed by atoms with Crippen molar-refractivity contribution in [2.24, 2.45) is 5.73 Å². The van der Waals surface area contributed by atoms with E-state index in [1.165, 1.54) is 6.07 Å². The molecule has 1 unspecified atom stereocenters. The third-order valence-corrected chi connectivity index (χ3v) is 4.55. The number of thioether (sulfide) groups is 1. The molecular formula is C13H17F2NOS. The Bertz CT molecular complexity index is 397. The van der Waals surface area contributed by atoms with Crippen molar-refractivity contribution < 1.29 is 13.5 Å². The van der Waals surface area contributed by atoms with Gasteiger partial charge in [-0.15, -0.1) is 0 Å². The standard InChI is InChI=1S/C13H17F2NOS/c14-11-2-1-9(7-12(11)15)13(16)8-18-10-3-5-17-6-4-10/h1-2,7,10,13H,3-6,8,16H2. The van der Waals surface area contributed by atoms with Gasteiger partial charge in [0.05, 0.1) is 0 Å². The molecule has 5 heteroatoms. The lowest BCUT2D eigenvalue weighted by Crippen LogP contribution is -2.21. The molecule has 0 bridgehead atoms. The van der Waals surface area contributed by atoms with Crippen LogP contribution in [0.1, 0.15) is 24.4 Å². The first-order valence-corrected chi connectivity index (χ1v) is 7.11. The number of hydrogen-bond donors (Lipinski definition) is 1. The Hall–Kier alpha value is -0.650. The van der Waals surface area contributed by atoms with Gasteiger partial charge in [0.2, 0.25) is 0 Å². The number of ether oxygens (including phenoxy) is 1. The van der Waals surface area contributed by atoms with Crippen molar-refractivity contribution >= 4 is 11.8 Å². The molecule has 0 saturated carbocycles. The molecule has 0 aliphatic carbocycles. The molecule has 2 rings (SSSR count). The molecule has 1 atom stereocenters. The van der Waals surface area contributed by atoms with Gasteiger partial charge in [-0.05, 0) is 30.5 Å². The third kappa shape index (κ3) is 3.67. The first-order valence-electron chi connectivity index (χ1n) is 6.06. The topological polar surface area (TPSA) is 35.2 Å². The third-order valence-electron chi connectivity index (χ3n) is 3.05. The summed E-state index contributed by atoms with van der Waals surface area (Å²) < 4.78 is 31.2. The smallest absolute Gasteiger partial charge is 0.159 e. The summed E-state index contributed by atoms with van der Waals surface area (Å²) in [5.41, 5.74) is 6.64. The van der Waals surface area contributed by atoms with Gasteiger partial charge in [0.25, 0.3) is 0 Å². The zero-order chi connectivity index (χ0) is 13.0. The summed E-state index contributed by atoms with van der Waals surface area (Å²) in [4.78, 5) is 0. The number of rotatable bonds is 4. The van der Waals surface area contributed by atoms with Crippen molar-refractivity contribution in [3.05, 3.63) is 35.4 Å². The minimum Gasteiger partial charge on any atom is -0.381 e. The predicted octanol–water partition coefficient (Wildman–Crippen LogP) is 2.88. The molecule has 0 aromatic heterocycles. The van der Waals surface area contributed by atoms with Crippen molar-refractivity contribution in [1.82, 2.24) is 0 Å². The minimum atomic E-state index is -0.834. The molecule has 2 N–H and O–H groups in total. The Morgan fingerprint density at radius 1 is 1.28 bits per heavy atom. The van der Waals surface area contributed by atoms with E-state index in [0.717, 1.165) is 37.9 Å². The molecule has 1 heterocycles. The second-order valence-electron chi connectivity index (χ2n) is 4.43. The molecule has 1 aromatic carbocycles. The zero-order valence-corrected chi connectivity index (χ0v) is 10.9. The Labute approximate surface area is 110 Å². The SMILES string of the molecule is NC(CSC1CCOCC1)c1ccc(F)c(F)c1.